The predicted octanol–water partition coefficient (Wildman–Crippen LogP) is 5.82. The molecule has 1 heterocycles. The monoisotopic (exact) mass is 528 g/mol. The number of nitrogens with zero attached hydrogens (tertiary/aromatic N) is 1. The topological polar surface area (TPSA) is 85.0 Å². The van der Waals surface area contributed by atoms with Gasteiger partial charge >= 0.3 is 0 Å². The van der Waals surface area contributed by atoms with Crippen molar-refractivity contribution in [1.82, 2.24) is 4.90 Å². The van der Waals surface area contributed by atoms with E-state index in [1.54, 1.807) is 12.1 Å². The highest BCUT2D eigenvalue weighted by molar-refractivity contribution is 6.32. The fraction of sp³-hybridized carbons (Fsp3) is 0.500. The maximum atomic E-state index is 14.0. The van der Waals surface area contributed by atoms with E-state index in [1.807, 2.05) is 19.1 Å². The summed E-state index contributed by atoms with van der Waals surface area (Å²) in [6.07, 6.45) is 7.46. The van der Waals surface area contributed by atoms with Gasteiger partial charge in [-0.3, -0.25) is 9.69 Å². The molecule has 6 nitrogen and oxygen atoms in total. The Labute approximate surface area is 226 Å². The van der Waals surface area contributed by atoms with E-state index < -0.39 is 6.10 Å². The second-order valence-corrected chi connectivity index (χ2v) is 10.5. The third-order valence-corrected chi connectivity index (χ3v) is 7.64. The van der Waals surface area contributed by atoms with Crippen molar-refractivity contribution in [3.8, 4) is 0 Å². The van der Waals surface area contributed by atoms with Crippen molar-refractivity contribution in [3.05, 3.63) is 77.1 Å². The molecule has 0 spiro atoms. The summed E-state index contributed by atoms with van der Waals surface area (Å²) in [5, 5.41) is 10.4. The zero-order valence-electron chi connectivity index (χ0n) is 22.1. The number of allylic oxidation sites excluding steroid dienone is 4. The number of ketones is 1. The summed E-state index contributed by atoms with van der Waals surface area (Å²) < 4.78 is 6.18. The Kier molecular flexibility index (Phi) is 11.0. The number of ether oxygens (including phenoxy) is 1. The highest BCUT2D eigenvalue weighted by Crippen LogP contribution is 2.37. The van der Waals surface area contributed by atoms with Gasteiger partial charge in [0.2, 0.25) is 0 Å². The molecular formula is C30H41ClN2O4. The first-order valence-corrected chi connectivity index (χ1v) is 13.6. The largest absolute Gasteiger partial charge is 0.492 e. The standard InChI is InChI=1S/C30H41ClN2O4/c1-5-17-33-18-25(19-33)36-24-15-12-22(13-16-24)29(35)28(21(4)20(3)11-14-23(34)6-2)30(37-32)26-9-7-8-10-27(26)31/h6-10,15,20,22-23,25,34H,2,4-5,11-14,16-19,32H2,1,3H3/b30-28+/t20-,22+,23+/m0/s1. The van der Waals surface area contributed by atoms with Crippen LogP contribution in [-0.4, -0.2) is 47.6 Å². The molecule has 7 heteroatoms. The van der Waals surface area contributed by atoms with Gasteiger partial charge in [-0.1, -0.05) is 50.2 Å². The molecule has 0 amide bonds. The molecule has 1 aliphatic carbocycles. The fourth-order valence-corrected chi connectivity index (χ4v) is 5.17. The number of hydrogen-bond donors (Lipinski definition) is 2. The molecule has 0 bridgehead atoms. The van der Waals surface area contributed by atoms with Crippen molar-refractivity contribution in [2.75, 3.05) is 19.6 Å². The smallest absolute Gasteiger partial charge is 0.170 e. The van der Waals surface area contributed by atoms with Crippen molar-refractivity contribution in [2.45, 2.75) is 64.6 Å². The van der Waals surface area contributed by atoms with E-state index in [-0.39, 0.29) is 29.5 Å². The molecule has 1 fully saturated rings. The Morgan fingerprint density at radius 2 is 2.05 bits per heavy atom. The maximum absolute atomic E-state index is 14.0. The number of carbonyl (C=O) groups excluding carboxylic acids is 1. The van der Waals surface area contributed by atoms with Gasteiger partial charge in [0.25, 0.3) is 0 Å². The molecule has 1 saturated heterocycles. The minimum atomic E-state index is -0.612. The number of Topliss-reactive ketones (excluding diaryl/α,β-unsaturated/α-hetero) is 1. The van der Waals surface area contributed by atoms with Crippen LogP contribution in [0.3, 0.4) is 0 Å². The molecule has 0 aromatic heterocycles. The highest BCUT2D eigenvalue weighted by atomic mass is 35.5. The van der Waals surface area contributed by atoms with Gasteiger partial charge in [-0.2, -0.15) is 5.90 Å². The molecule has 0 unspecified atom stereocenters. The molecule has 3 atom stereocenters. The lowest BCUT2D eigenvalue weighted by molar-refractivity contribution is -0.119. The van der Waals surface area contributed by atoms with Crippen molar-refractivity contribution in [3.63, 3.8) is 0 Å². The highest BCUT2D eigenvalue weighted by Gasteiger charge is 2.33. The van der Waals surface area contributed by atoms with Crippen LogP contribution in [0, 0.1) is 11.8 Å². The maximum Gasteiger partial charge on any atom is 0.170 e. The van der Waals surface area contributed by atoms with Gasteiger partial charge in [0, 0.05) is 31.0 Å². The minimum Gasteiger partial charge on any atom is -0.492 e. The Morgan fingerprint density at radius 3 is 2.65 bits per heavy atom. The first kappa shape index (κ1) is 29.2. The van der Waals surface area contributed by atoms with Gasteiger partial charge in [0.1, 0.15) is 6.10 Å². The van der Waals surface area contributed by atoms with Crippen LogP contribution in [0.25, 0.3) is 5.76 Å². The third-order valence-electron chi connectivity index (χ3n) is 7.31. The van der Waals surface area contributed by atoms with Gasteiger partial charge in [-0.15, -0.1) is 6.58 Å². The summed E-state index contributed by atoms with van der Waals surface area (Å²) >= 11 is 6.47. The van der Waals surface area contributed by atoms with E-state index in [4.69, 9.17) is 27.1 Å². The van der Waals surface area contributed by atoms with Crippen molar-refractivity contribution in [1.29, 1.82) is 0 Å². The van der Waals surface area contributed by atoms with Gasteiger partial charge < -0.3 is 14.7 Å². The van der Waals surface area contributed by atoms with Crippen LogP contribution in [0.4, 0.5) is 0 Å². The van der Waals surface area contributed by atoms with E-state index in [9.17, 15) is 9.90 Å². The summed E-state index contributed by atoms with van der Waals surface area (Å²) in [4.78, 5) is 21.7. The third kappa shape index (κ3) is 7.57. The van der Waals surface area contributed by atoms with Gasteiger partial charge in [0.05, 0.1) is 22.5 Å². The predicted molar refractivity (Wildman–Crippen MR) is 149 cm³/mol. The molecule has 37 heavy (non-hydrogen) atoms. The summed E-state index contributed by atoms with van der Waals surface area (Å²) in [7, 11) is 0. The average molecular weight is 529 g/mol. The number of benzene rings is 1. The molecule has 1 aromatic carbocycles. The zero-order valence-corrected chi connectivity index (χ0v) is 22.9. The molecule has 3 rings (SSSR count). The normalized spacial score (nSPS) is 20.7. The average Bonchev–Trinajstić information content (AvgIpc) is 2.89. The lowest BCUT2D eigenvalue weighted by Gasteiger charge is -2.40. The summed E-state index contributed by atoms with van der Waals surface area (Å²) in [6, 6.07) is 7.15. The lowest BCUT2D eigenvalue weighted by Crippen LogP contribution is -2.52. The molecule has 0 saturated carbocycles. The summed E-state index contributed by atoms with van der Waals surface area (Å²) in [5.74, 6) is 6.57. The molecule has 1 aliphatic heterocycles. The lowest BCUT2D eigenvalue weighted by atomic mass is 9.80. The number of hydrogen-bond acceptors (Lipinski definition) is 6. The first-order valence-electron chi connectivity index (χ1n) is 13.3. The van der Waals surface area contributed by atoms with Crippen LogP contribution in [0.2, 0.25) is 5.02 Å². The van der Waals surface area contributed by atoms with Crippen LogP contribution < -0.4 is 5.90 Å². The second-order valence-electron chi connectivity index (χ2n) is 10.1. The number of likely N-dealkylation sites (tertiary alicyclic amines) is 1. The number of halogens is 1. The fourth-order valence-electron chi connectivity index (χ4n) is 4.95. The van der Waals surface area contributed by atoms with E-state index >= 15 is 0 Å². The van der Waals surface area contributed by atoms with Crippen molar-refractivity contribution < 1.29 is 19.5 Å². The Bertz CT molecular complexity index is 1030. The number of nitrogens with two attached hydrogens (primary N) is 1. The van der Waals surface area contributed by atoms with Crippen molar-refractivity contribution >= 4 is 23.1 Å². The van der Waals surface area contributed by atoms with Crippen molar-refractivity contribution in [2.24, 2.45) is 17.7 Å². The number of aliphatic hydroxyl groups excluding tert-OH is 1. The Morgan fingerprint density at radius 1 is 1.32 bits per heavy atom. The number of aliphatic hydroxyl groups is 1. The molecule has 3 N–H and O–H groups in total. The Balaban J connectivity index is 1.81. The SMILES string of the molecule is C=C[C@@H](O)CC[C@H](C)C(=C)/C(C(=O)[C@@H]1CC=C(OC2CN(CCC)C2)CC1)=C(\ON)c1ccccc1Cl. The van der Waals surface area contributed by atoms with Crippen LogP contribution in [0.15, 0.2) is 66.5 Å². The van der Waals surface area contributed by atoms with E-state index in [2.05, 4.69) is 31.1 Å². The molecule has 1 aromatic rings. The molecule has 202 valence electrons. The quantitative estimate of drug-likeness (QED) is 0.104. The van der Waals surface area contributed by atoms with E-state index in [1.165, 1.54) is 6.08 Å². The van der Waals surface area contributed by atoms with E-state index in [0.29, 0.717) is 53.8 Å². The van der Waals surface area contributed by atoms with Crippen LogP contribution in [0.1, 0.15) is 57.9 Å². The molecular weight excluding hydrogens is 488 g/mol. The summed E-state index contributed by atoms with van der Waals surface area (Å²) in [6.45, 7) is 15.1. The van der Waals surface area contributed by atoms with Crippen LogP contribution >= 0.6 is 11.6 Å². The Hall–Kier alpha value is -2.38. The van der Waals surface area contributed by atoms with Gasteiger partial charge in [0.15, 0.2) is 11.5 Å². The van der Waals surface area contributed by atoms with Gasteiger partial charge in [-0.05, 0) is 68.3 Å². The molecule has 0 radical (unpaired) electrons. The zero-order chi connectivity index (χ0) is 26.9. The van der Waals surface area contributed by atoms with Gasteiger partial charge in [-0.25, -0.2) is 0 Å². The van der Waals surface area contributed by atoms with Crippen LogP contribution in [0.5, 0.6) is 0 Å². The first-order chi connectivity index (χ1) is 17.8. The second kappa shape index (κ2) is 14.0. The molecule has 2 aliphatic rings. The number of rotatable bonds is 14. The van der Waals surface area contributed by atoms with E-state index in [0.717, 1.165) is 31.8 Å². The summed E-state index contributed by atoms with van der Waals surface area (Å²) in [5.41, 5.74) is 1.54. The van der Waals surface area contributed by atoms with Crippen LogP contribution in [-0.2, 0) is 14.4 Å². The number of carbonyl (C=O) groups is 1. The minimum absolute atomic E-state index is 0.0606.